The molecular formula is C25H29N3O5. The number of carbonyl (C=O) groups excluding carboxylic acids is 3. The number of morpholine rings is 1. The molecule has 8 heteroatoms. The fourth-order valence-corrected chi connectivity index (χ4v) is 4.10. The van der Waals surface area contributed by atoms with E-state index in [0.29, 0.717) is 44.0 Å². The first-order valence-corrected chi connectivity index (χ1v) is 11.3. The number of amides is 3. The van der Waals surface area contributed by atoms with Crippen molar-refractivity contribution in [2.24, 2.45) is 0 Å². The number of nitrogens with one attached hydrogen (secondary N) is 1. The Morgan fingerprint density at radius 1 is 1.09 bits per heavy atom. The molecule has 2 fully saturated rings. The fraction of sp³-hybridized carbons (Fsp3) is 0.400. The highest BCUT2D eigenvalue weighted by molar-refractivity contribution is 5.91. The predicted molar refractivity (Wildman–Crippen MR) is 122 cm³/mol. The van der Waals surface area contributed by atoms with Crippen LogP contribution in [-0.2, 0) is 25.6 Å². The van der Waals surface area contributed by atoms with Crippen molar-refractivity contribution >= 4 is 23.6 Å². The summed E-state index contributed by atoms with van der Waals surface area (Å²) in [7, 11) is 0. The van der Waals surface area contributed by atoms with Gasteiger partial charge in [0.15, 0.2) is 12.1 Å². The molecule has 33 heavy (non-hydrogen) atoms. The SMILES string of the molecule is CCC(=O)Nc1cccc([C@H]2OC(=O)N(Cc3ccc(C)cc3)[C@@H]2C(=O)N2CCOCC2)c1. The third-order valence-corrected chi connectivity index (χ3v) is 5.95. The quantitative estimate of drug-likeness (QED) is 0.728. The maximum atomic E-state index is 13.6. The number of hydrogen-bond acceptors (Lipinski definition) is 5. The number of hydrogen-bond donors (Lipinski definition) is 1. The number of rotatable bonds is 6. The van der Waals surface area contributed by atoms with Crippen LogP contribution in [0.3, 0.4) is 0 Å². The van der Waals surface area contributed by atoms with Crippen LogP contribution >= 0.6 is 0 Å². The second-order valence-corrected chi connectivity index (χ2v) is 8.33. The third-order valence-electron chi connectivity index (χ3n) is 5.95. The van der Waals surface area contributed by atoms with Crippen LogP contribution in [-0.4, -0.2) is 60.1 Å². The Bertz CT molecular complexity index is 1020. The highest BCUT2D eigenvalue weighted by atomic mass is 16.6. The van der Waals surface area contributed by atoms with Crippen molar-refractivity contribution in [1.29, 1.82) is 0 Å². The van der Waals surface area contributed by atoms with Gasteiger partial charge in [0.1, 0.15) is 0 Å². The minimum absolute atomic E-state index is 0.113. The molecule has 1 N–H and O–H groups in total. The van der Waals surface area contributed by atoms with E-state index in [1.807, 2.05) is 37.3 Å². The lowest BCUT2D eigenvalue weighted by Crippen LogP contribution is -2.51. The van der Waals surface area contributed by atoms with Crippen LogP contribution in [0.15, 0.2) is 48.5 Å². The summed E-state index contributed by atoms with van der Waals surface area (Å²) in [6.45, 7) is 5.92. The lowest BCUT2D eigenvalue weighted by molar-refractivity contribution is -0.141. The van der Waals surface area contributed by atoms with E-state index in [1.54, 1.807) is 30.0 Å². The van der Waals surface area contributed by atoms with Crippen molar-refractivity contribution in [3.63, 3.8) is 0 Å². The maximum absolute atomic E-state index is 13.6. The van der Waals surface area contributed by atoms with Crippen LogP contribution in [0.2, 0.25) is 0 Å². The highest BCUT2D eigenvalue weighted by Crippen LogP contribution is 2.36. The minimum Gasteiger partial charge on any atom is -0.438 e. The number of ether oxygens (including phenoxy) is 2. The second-order valence-electron chi connectivity index (χ2n) is 8.33. The number of nitrogens with zero attached hydrogens (tertiary/aromatic N) is 2. The third kappa shape index (κ3) is 5.17. The van der Waals surface area contributed by atoms with Gasteiger partial charge in [0.2, 0.25) is 11.8 Å². The van der Waals surface area contributed by atoms with Gasteiger partial charge in [0.25, 0.3) is 0 Å². The van der Waals surface area contributed by atoms with Crippen LogP contribution < -0.4 is 5.32 Å². The standard InChI is InChI=1S/C25H29N3O5/c1-3-21(29)26-20-6-4-5-19(15-20)23-22(24(30)27-11-13-32-14-12-27)28(25(31)33-23)16-18-9-7-17(2)8-10-18/h4-10,15,22-23H,3,11-14,16H2,1-2H3,(H,26,29)/t22-,23+/m0/s1. The molecule has 0 radical (unpaired) electrons. The molecule has 2 aliphatic rings. The molecular weight excluding hydrogens is 422 g/mol. The molecule has 2 heterocycles. The average molecular weight is 452 g/mol. The molecule has 3 amide bonds. The van der Waals surface area contributed by atoms with Gasteiger partial charge < -0.3 is 19.7 Å². The van der Waals surface area contributed by atoms with Crippen molar-refractivity contribution in [3.05, 3.63) is 65.2 Å². The largest absolute Gasteiger partial charge is 0.438 e. The summed E-state index contributed by atoms with van der Waals surface area (Å²) in [4.78, 5) is 41.7. The van der Waals surface area contributed by atoms with Gasteiger partial charge in [0.05, 0.1) is 19.8 Å². The van der Waals surface area contributed by atoms with E-state index in [9.17, 15) is 14.4 Å². The van der Waals surface area contributed by atoms with Crippen LogP contribution in [0.25, 0.3) is 0 Å². The number of carbonyl (C=O) groups is 3. The number of aryl methyl sites for hydroxylation is 1. The number of benzene rings is 2. The topological polar surface area (TPSA) is 88.2 Å². The Morgan fingerprint density at radius 3 is 2.52 bits per heavy atom. The minimum atomic E-state index is -0.811. The summed E-state index contributed by atoms with van der Waals surface area (Å²) in [6.07, 6.45) is -0.961. The first kappa shape index (κ1) is 22.8. The zero-order valence-corrected chi connectivity index (χ0v) is 19.0. The predicted octanol–water partition coefficient (Wildman–Crippen LogP) is 3.26. The first-order valence-electron chi connectivity index (χ1n) is 11.3. The molecule has 0 saturated carbocycles. The van der Waals surface area contributed by atoms with Crippen molar-refractivity contribution in [1.82, 2.24) is 9.80 Å². The van der Waals surface area contributed by atoms with Crippen molar-refractivity contribution in [3.8, 4) is 0 Å². The van der Waals surface area contributed by atoms with Crippen molar-refractivity contribution < 1.29 is 23.9 Å². The lowest BCUT2D eigenvalue weighted by atomic mass is 9.99. The van der Waals surface area contributed by atoms with Crippen molar-refractivity contribution in [2.75, 3.05) is 31.6 Å². The van der Waals surface area contributed by atoms with E-state index in [1.165, 1.54) is 4.90 Å². The van der Waals surface area contributed by atoms with E-state index >= 15 is 0 Å². The van der Waals surface area contributed by atoms with Gasteiger partial charge in [-0.1, -0.05) is 48.9 Å². The molecule has 0 unspecified atom stereocenters. The van der Waals surface area contributed by atoms with E-state index < -0.39 is 18.2 Å². The summed E-state index contributed by atoms with van der Waals surface area (Å²) >= 11 is 0. The normalized spacial score (nSPS) is 20.5. The van der Waals surface area contributed by atoms with E-state index in [0.717, 1.165) is 11.1 Å². The molecule has 8 nitrogen and oxygen atoms in total. The van der Waals surface area contributed by atoms with Gasteiger partial charge >= 0.3 is 6.09 Å². The molecule has 2 saturated heterocycles. The Morgan fingerprint density at radius 2 is 1.82 bits per heavy atom. The van der Waals surface area contributed by atoms with Crippen LogP contribution in [0, 0.1) is 6.92 Å². The van der Waals surface area contributed by atoms with Crippen molar-refractivity contribution in [2.45, 2.75) is 39.0 Å². The summed E-state index contributed by atoms with van der Waals surface area (Å²) in [5.41, 5.74) is 3.30. The summed E-state index contributed by atoms with van der Waals surface area (Å²) in [6, 6.07) is 14.2. The summed E-state index contributed by atoms with van der Waals surface area (Å²) in [5.74, 6) is -0.276. The molecule has 0 aliphatic carbocycles. The molecule has 2 aromatic carbocycles. The van der Waals surface area contributed by atoms with Gasteiger partial charge in [-0.25, -0.2) is 4.79 Å². The van der Waals surface area contributed by atoms with Gasteiger partial charge in [-0.2, -0.15) is 0 Å². The van der Waals surface area contributed by atoms with Gasteiger partial charge in [-0.3, -0.25) is 14.5 Å². The number of cyclic esters (lactones) is 1. The molecule has 2 aliphatic heterocycles. The Labute approximate surface area is 193 Å². The molecule has 4 rings (SSSR count). The highest BCUT2D eigenvalue weighted by Gasteiger charge is 2.48. The van der Waals surface area contributed by atoms with E-state index in [4.69, 9.17) is 9.47 Å². The van der Waals surface area contributed by atoms with Crippen LogP contribution in [0.1, 0.15) is 36.1 Å². The summed E-state index contributed by atoms with van der Waals surface area (Å²) in [5, 5.41) is 2.83. The second kappa shape index (κ2) is 10.0. The number of anilines is 1. The smallest absolute Gasteiger partial charge is 0.411 e. The molecule has 0 bridgehead atoms. The maximum Gasteiger partial charge on any atom is 0.411 e. The van der Waals surface area contributed by atoms with Crippen LogP contribution in [0.5, 0.6) is 0 Å². The molecule has 174 valence electrons. The Hall–Kier alpha value is -3.39. The van der Waals surface area contributed by atoms with Gasteiger partial charge in [-0.05, 0) is 30.2 Å². The fourth-order valence-electron chi connectivity index (χ4n) is 4.10. The lowest BCUT2D eigenvalue weighted by Gasteiger charge is -2.33. The Kier molecular flexibility index (Phi) is 6.93. The Balaban J connectivity index is 1.65. The molecule has 2 atom stereocenters. The molecule has 0 aromatic heterocycles. The monoisotopic (exact) mass is 451 g/mol. The van der Waals surface area contributed by atoms with Gasteiger partial charge in [-0.15, -0.1) is 0 Å². The molecule has 2 aromatic rings. The first-order chi connectivity index (χ1) is 16.0. The van der Waals surface area contributed by atoms with E-state index in [2.05, 4.69) is 5.32 Å². The van der Waals surface area contributed by atoms with E-state index in [-0.39, 0.29) is 18.4 Å². The summed E-state index contributed by atoms with van der Waals surface area (Å²) < 4.78 is 11.2. The zero-order chi connectivity index (χ0) is 23.4. The average Bonchev–Trinajstić information content (AvgIpc) is 3.16. The zero-order valence-electron chi connectivity index (χ0n) is 19.0. The molecule has 0 spiro atoms. The van der Waals surface area contributed by atoms with Gasteiger partial charge in [0, 0.05) is 25.2 Å². The van der Waals surface area contributed by atoms with Crippen LogP contribution in [0.4, 0.5) is 10.5 Å².